The minimum Gasteiger partial charge on any atom is -0.453 e. The zero-order chi connectivity index (χ0) is 12.4. The van der Waals surface area contributed by atoms with E-state index in [0.29, 0.717) is 21.1 Å². The van der Waals surface area contributed by atoms with Crippen molar-refractivity contribution in [3.05, 3.63) is 56.4 Å². The van der Waals surface area contributed by atoms with Crippen molar-refractivity contribution in [2.75, 3.05) is 0 Å². The van der Waals surface area contributed by atoms with Crippen molar-refractivity contribution in [1.82, 2.24) is 0 Å². The molecule has 1 unspecified atom stereocenters. The van der Waals surface area contributed by atoms with E-state index < -0.39 is 0 Å². The smallest absolute Gasteiger partial charge is 0.169 e. The number of benzene rings is 1. The zero-order valence-corrected chi connectivity index (χ0v) is 12.4. The quantitative estimate of drug-likeness (QED) is 0.628. The van der Waals surface area contributed by atoms with Gasteiger partial charge in [0.05, 0.1) is 15.4 Å². The summed E-state index contributed by atoms with van der Waals surface area (Å²) in [7, 11) is 0. The van der Waals surface area contributed by atoms with Crippen molar-refractivity contribution < 1.29 is 4.42 Å². The molecule has 1 aromatic heterocycles. The molecule has 17 heavy (non-hydrogen) atoms. The number of hydrogen-bond acceptors (Lipinski definition) is 1. The SMILES string of the molecule is Clc1ccc(CC(Cl)c2ccc(Br)o2)cc1Cl. The van der Waals surface area contributed by atoms with Crippen molar-refractivity contribution in [1.29, 1.82) is 0 Å². The number of furan rings is 1. The first-order valence-corrected chi connectivity index (χ1v) is 6.88. The minimum absolute atomic E-state index is 0.224. The molecular formula is C12H8BrCl3O. The van der Waals surface area contributed by atoms with Gasteiger partial charge in [-0.15, -0.1) is 11.6 Å². The monoisotopic (exact) mass is 352 g/mol. The Balaban J connectivity index is 2.12. The fraction of sp³-hybridized carbons (Fsp3) is 0.167. The number of rotatable bonds is 3. The third-order valence-electron chi connectivity index (χ3n) is 2.30. The van der Waals surface area contributed by atoms with Crippen LogP contribution in [0.2, 0.25) is 10.0 Å². The third kappa shape index (κ3) is 3.41. The van der Waals surface area contributed by atoms with E-state index in [1.807, 2.05) is 24.3 Å². The van der Waals surface area contributed by atoms with Gasteiger partial charge in [0.1, 0.15) is 5.76 Å². The summed E-state index contributed by atoms with van der Waals surface area (Å²) in [6.45, 7) is 0. The molecule has 2 aromatic rings. The van der Waals surface area contributed by atoms with Gasteiger partial charge in [-0.2, -0.15) is 0 Å². The minimum atomic E-state index is -0.224. The van der Waals surface area contributed by atoms with Crippen LogP contribution in [0.4, 0.5) is 0 Å². The second-order valence-electron chi connectivity index (χ2n) is 3.56. The van der Waals surface area contributed by atoms with Crippen molar-refractivity contribution in [3.8, 4) is 0 Å². The molecule has 90 valence electrons. The highest BCUT2D eigenvalue weighted by molar-refractivity contribution is 9.10. The van der Waals surface area contributed by atoms with Crippen LogP contribution in [-0.4, -0.2) is 0 Å². The lowest BCUT2D eigenvalue weighted by Crippen LogP contribution is -1.94. The molecule has 0 aliphatic heterocycles. The van der Waals surface area contributed by atoms with E-state index in [1.54, 1.807) is 6.07 Å². The van der Waals surface area contributed by atoms with E-state index in [-0.39, 0.29) is 5.38 Å². The fourth-order valence-electron chi connectivity index (χ4n) is 1.47. The van der Waals surface area contributed by atoms with E-state index in [9.17, 15) is 0 Å². The van der Waals surface area contributed by atoms with Gasteiger partial charge in [-0.05, 0) is 52.2 Å². The summed E-state index contributed by atoms with van der Waals surface area (Å²) in [4.78, 5) is 0. The van der Waals surface area contributed by atoms with Crippen LogP contribution in [0, 0.1) is 0 Å². The van der Waals surface area contributed by atoms with Gasteiger partial charge in [-0.25, -0.2) is 0 Å². The molecule has 1 atom stereocenters. The average molecular weight is 354 g/mol. The molecule has 0 radical (unpaired) electrons. The van der Waals surface area contributed by atoms with Gasteiger partial charge in [0.25, 0.3) is 0 Å². The van der Waals surface area contributed by atoms with Crippen LogP contribution < -0.4 is 0 Å². The highest BCUT2D eigenvalue weighted by Crippen LogP contribution is 2.30. The normalized spacial score (nSPS) is 12.7. The predicted molar refractivity (Wildman–Crippen MR) is 75.2 cm³/mol. The molecule has 2 rings (SSSR count). The van der Waals surface area contributed by atoms with Crippen LogP contribution in [0.3, 0.4) is 0 Å². The Kier molecular flexibility index (Phi) is 4.42. The average Bonchev–Trinajstić information content (AvgIpc) is 2.70. The number of alkyl halides is 1. The molecule has 0 amide bonds. The molecule has 0 fully saturated rings. The lowest BCUT2D eigenvalue weighted by molar-refractivity contribution is 0.481. The molecule has 0 saturated heterocycles. The maximum Gasteiger partial charge on any atom is 0.169 e. The lowest BCUT2D eigenvalue weighted by Gasteiger charge is -2.07. The molecule has 1 heterocycles. The first-order valence-electron chi connectivity index (χ1n) is 4.89. The van der Waals surface area contributed by atoms with Gasteiger partial charge < -0.3 is 4.42 Å². The summed E-state index contributed by atoms with van der Waals surface area (Å²) in [6, 6.07) is 9.15. The molecule has 0 aliphatic carbocycles. The lowest BCUT2D eigenvalue weighted by atomic mass is 10.1. The Morgan fingerprint density at radius 1 is 1.12 bits per heavy atom. The zero-order valence-electron chi connectivity index (χ0n) is 8.59. The van der Waals surface area contributed by atoms with Gasteiger partial charge in [-0.1, -0.05) is 29.3 Å². The van der Waals surface area contributed by atoms with E-state index in [0.717, 1.165) is 11.3 Å². The van der Waals surface area contributed by atoms with Gasteiger partial charge in [0, 0.05) is 0 Å². The maximum atomic E-state index is 6.26. The second kappa shape index (κ2) is 5.66. The summed E-state index contributed by atoms with van der Waals surface area (Å²) in [5.74, 6) is 0.726. The molecule has 5 heteroatoms. The number of hydrogen-bond donors (Lipinski definition) is 0. The van der Waals surface area contributed by atoms with Gasteiger partial charge >= 0.3 is 0 Å². The van der Waals surface area contributed by atoms with Crippen LogP contribution in [0.25, 0.3) is 0 Å². The van der Waals surface area contributed by atoms with Crippen LogP contribution in [-0.2, 0) is 6.42 Å². The maximum absolute atomic E-state index is 6.26. The highest BCUT2D eigenvalue weighted by atomic mass is 79.9. The summed E-state index contributed by atoms with van der Waals surface area (Å²) in [5.41, 5.74) is 1.02. The Morgan fingerprint density at radius 3 is 2.47 bits per heavy atom. The Morgan fingerprint density at radius 2 is 1.88 bits per heavy atom. The topological polar surface area (TPSA) is 13.1 Å². The van der Waals surface area contributed by atoms with E-state index in [1.165, 1.54) is 0 Å². The van der Waals surface area contributed by atoms with Gasteiger partial charge in [0.2, 0.25) is 0 Å². The van der Waals surface area contributed by atoms with Crippen LogP contribution in [0.15, 0.2) is 39.4 Å². The molecule has 1 aromatic carbocycles. The van der Waals surface area contributed by atoms with Crippen LogP contribution in [0.1, 0.15) is 16.7 Å². The second-order valence-corrected chi connectivity index (χ2v) is 5.68. The van der Waals surface area contributed by atoms with E-state index in [4.69, 9.17) is 39.2 Å². The van der Waals surface area contributed by atoms with Gasteiger partial charge in [0.15, 0.2) is 4.67 Å². The van der Waals surface area contributed by atoms with Crippen molar-refractivity contribution in [3.63, 3.8) is 0 Å². The molecule has 0 bridgehead atoms. The van der Waals surface area contributed by atoms with Crippen LogP contribution in [0.5, 0.6) is 0 Å². The van der Waals surface area contributed by atoms with Crippen molar-refractivity contribution in [2.45, 2.75) is 11.8 Å². The largest absolute Gasteiger partial charge is 0.453 e. The first kappa shape index (κ1) is 13.3. The summed E-state index contributed by atoms with van der Waals surface area (Å²) in [5, 5.41) is 0.856. The Bertz CT molecular complexity index is 524. The highest BCUT2D eigenvalue weighted by Gasteiger charge is 2.13. The standard InChI is InChI=1S/C12H8BrCl3O/c13-12-4-3-11(17-12)10(16)6-7-1-2-8(14)9(15)5-7/h1-5,10H,6H2. The first-order chi connectivity index (χ1) is 8.06. The molecule has 0 aliphatic rings. The molecular weight excluding hydrogens is 346 g/mol. The Labute approximate surface area is 123 Å². The third-order valence-corrected chi connectivity index (χ3v) is 3.84. The van der Waals surface area contributed by atoms with E-state index in [2.05, 4.69) is 15.9 Å². The number of halogens is 4. The molecule has 0 spiro atoms. The van der Waals surface area contributed by atoms with Crippen LogP contribution >= 0.6 is 50.7 Å². The summed E-state index contributed by atoms with van der Waals surface area (Å²) >= 11 is 21.3. The molecule has 1 nitrogen and oxygen atoms in total. The van der Waals surface area contributed by atoms with E-state index >= 15 is 0 Å². The molecule has 0 saturated carbocycles. The van der Waals surface area contributed by atoms with Gasteiger partial charge in [-0.3, -0.25) is 0 Å². The predicted octanol–water partition coefficient (Wildman–Crippen LogP) is 5.87. The summed E-state index contributed by atoms with van der Waals surface area (Å²) < 4.78 is 6.07. The Hall–Kier alpha value is -0.150. The van der Waals surface area contributed by atoms with Crippen molar-refractivity contribution in [2.24, 2.45) is 0 Å². The van der Waals surface area contributed by atoms with Crippen molar-refractivity contribution >= 4 is 50.7 Å². The summed E-state index contributed by atoms with van der Waals surface area (Å²) in [6.07, 6.45) is 0.637. The molecule has 0 N–H and O–H groups in total. The fourth-order valence-corrected chi connectivity index (χ4v) is 2.41.